The molecule has 0 saturated carbocycles. The third-order valence-corrected chi connectivity index (χ3v) is 3.15. The van der Waals surface area contributed by atoms with Crippen LogP contribution in [-0.4, -0.2) is 21.2 Å². The highest BCUT2D eigenvalue weighted by Crippen LogP contribution is 2.17. The smallest absolute Gasteiger partial charge is 0.190 e. The number of nitrogens with zero attached hydrogens (tertiary/aromatic N) is 3. The third-order valence-electron chi connectivity index (χ3n) is 2.41. The van der Waals surface area contributed by atoms with Gasteiger partial charge in [-0.05, 0) is 24.8 Å². The molecule has 0 unspecified atom stereocenters. The topological polar surface area (TPSA) is 50.7 Å². The molecule has 0 saturated heterocycles. The van der Waals surface area contributed by atoms with Crippen molar-refractivity contribution in [3.63, 3.8) is 0 Å². The summed E-state index contributed by atoms with van der Waals surface area (Å²) in [7, 11) is 0. The Bertz CT molecular complexity index is 547. The van der Waals surface area contributed by atoms with E-state index in [0.717, 1.165) is 11.3 Å². The standard InChI is InChI=1S/C12H13ClN4S/c1-8-4-3-5-14-9(8)7-15-11-6-10(13)16-12(17-11)18-2/h3-6H,7H2,1-2H3,(H,15,16,17). The van der Waals surface area contributed by atoms with Crippen molar-refractivity contribution in [1.29, 1.82) is 0 Å². The van der Waals surface area contributed by atoms with Gasteiger partial charge in [0.2, 0.25) is 0 Å². The van der Waals surface area contributed by atoms with Gasteiger partial charge >= 0.3 is 0 Å². The third kappa shape index (κ3) is 3.34. The van der Waals surface area contributed by atoms with E-state index in [1.807, 2.05) is 25.3 Å². The van der Waals surface area contributed by atoms with E-state index in [9.17, 15) is 0 Å². The summed E-state index contributed by atoms with van der Waals surface area (Å²) in [5.41, 5.74) is 2.15. The van der Waals surface area contributed by atoms with Crippen LogP contribution in [0.5, 0.6) is 0 Å². The number of aromatic nitrogens is 3. The molecule has 0 aliphatic carbocycles. The van der Waals surface area contributed by atoms with Gasteiger partial charge in [0.05, 0.1) is 12.2 Å². The first-order chi connectivity index (χ1) is 8.69. The van der Waals surface area contributed by atoms with Gasteiger partial charge in [-0.25, -0.2) is 9.97 Å². The summed E-state index contributed by atoms with van der Waals surface area (Å²) in [6.07, 6.45) is 3.70. The number of thioether (sulfide) groups is 1. The maximum absolute atomic E-state index is 5.92. The molecule has 0 aliphatic heterocycles. The predicted molar refractivity (Wildman–Crippen MR) is 75.1 cm³/mol. The van der Waals surface area contributed by atoms with Gasteiger partial charge in [0, 0.05) is 12.3 Å². The molecule has 94 valence electrons. The Kier molecular flexibility index (Phi) is 4.38. The molecule has 0 bridgehead atoms. The second-order valence-corrected chi connectivity index (χ2v) is 4.84. The van der Waals surface area contributed by atoms with Crippen LogP contribution >= 0.6 is 23.4 Å². The van der Waals surface area contributed by atoms with Crippen molar-refractivity contribution in [2.24, 2.45) is 0 Å². The summed E-state index contributed by atoms with van der Waals surface area (Å²) in [4.78, 5) is 12.7. The molecule has 0 aliphatic rings. The highest BCUT2D eigenvalue weighted by Gasteiger charge is 2.03. The molecule has 2 aromatic heterocycles. The maximum atomic E-state index is 5.92. The number of rotatable bonds is 4. The summed E-state index contributed by atoms with van der Waals surface area (Å²) in [5.74, 6) is 0.712. The van der Waals surface area contributed by atoms with Crippen molar-refractivity contribution in [3.05, 3.63) is 40.8 Å². The molecule has 0 fully saturated rings. The lowest BCUT2D eigenvalue weighted by Gasteiger charge is -2.08. The number of aryl methyl sites for hydroxylation is 1. The van der Waals surface area contributed by atoms with E-state index in [2.05, 4.69) is 20.3 Å². The Labute approximate surface area is 115 Å². The molecule has 6 heteroatoms. The Morgan fingerprint density at radius 2 is 2.22 bits per heavy atom. The summed E-state index contributed by atoms with van der Waals surface area (Å²) in [6.45, 7) is 2.65. The molecule has 2 heterocycles. The van der Waals surface area contributed by atoms with Gasteiger partial charge in [0.15, 0.2) is 5.16 Å². The van der Waals surface area contributed by atoms with Crippen molar-refractivity contribution in [2.45, 2.75) is 18.6 Å². The Hall–Kier alpha value is -1.33. The Morgan fingerprint density at radius 3 is 2.94 bits per heavy atom. The van der Waals surface area contributed by atoms with Gasteiger partial charge in [0.1, 0.15) is 11.0 Å². The van der Waals surface area contributed by atoms with Crippen LogP contribution in [0.1, 0.15) is 11.3 Å². The van der Waals surface area contributed by atoms with Gasteiger partial charge < -0.3 is 5.32 Å². The first-order valence-corrected chi connectivity index (χ1v) is 7.02. The van der Waals surface area contributed by atoms with Crippen molar-refractivity contribution in [1.82, 2.24) is 15.0 Å². The second-order valence-electron chi connectivity index (χ2n) is 3.68. The number of hydrogen-bond donors (Lipinski definition) is 1. The van der Waals surface area contributed by atoms with E-state index in [0.29, 0.717) is 22.7 Å². The van der Waals surface area contributed by atoms with Crippen LogP contribution in [0.3, 0.4) is 0 Å². The molecule has 0 atom stereocenters. The quantitative estimate of drug-likeness (QED) is 0.530. The van der Waals surface area contributed by atoms with E-state index < -0.39 is 0 Å². The largest absolute Gasteiger partial charge is 0.364 e. The van der Waals surface area contributed by atoms with E-state index in [1.165, 1.54) is 11.8 Å². The fourth-order valence-corrected chi connectivity index (χ4v) is 2.07. The summed E-state index contributed by atoms with van der Waals surface area (Å²) >= 11 is 7.38. The molecular formula is C12H13ClN4S. The highest BCUT2D eigenvalue weighted by molar-refractivity contribution is 7.98. The SMILES string of the molecule is CSc1nc(Cl)cc(NCc2ncccc2C)n1. The van der Waals surface area contributed by atoms with Crippen LogP contribution in [0.4, 0.5) is 5.82 Å². The fraction of sp³-hybridized carbons (Fsp3) is 0.250. The van der Waals surface area contributed by atoms with Crippen LogP contribution < -0.4 is 5.32 Å². The van der Waals surface area contributed by atoms with Crippen LogP contribution in [0.15, 0.2) is 29.6 Å². The number of halogens is 1. The first kappa shape index (κ1) is 13.1. The van der Waals surface area contributed by atoms with E-state index >= 15 is 0 Å². The van der Waals surface area contributed by atoms with E-state index in [1.54, 1.807) is 12.3 Å². The van der Waals surface area contributed by atoms with E-state index in [-0.39, 0.29) is 0 Å². The molecule has 0 radical (unpaired) electrons. The molecule has 0 aromatic carbocycles. The van der Waals surface area contributed by atoms with Crippen LogP contribution in [0.2, 0.25) is 5.15 Å². The van der Waals surface area contributed by atoms with Gasteiger partial charge in [-0.1, -0.05) is 29.4 Å². The molecule has 18 heavy (non-hydrogen) atoms. The molecule has 0 amide bonds. The van der Waals surface area contributed by atoms with Crippen LogP contribution in [0.25, 0.3) is 0 Å². The lowest BCUT2D eigenvalue weighted by Crippen LogP contribution is -2.05. The molecular weight excluding hydrogens is 268 g/mol. The Morgan fingerprint density at radius 1 is 1.39 bits per heavy atom. The minimum absolute atomic E-state index is 0.439. The summed E-state index contributed by atoms with van der Waals surface area (Å²) in [6, 6.07) is 5.66. The predicted octanol–water partition coefficient (Wildman–Crippen LogP) is 3.17. The molecule has 0 spiro atoms. The zero-order valence-electron chi connectivity index (χ0n) is 10.1. The van der Waals surface area contributed by atoms with Crippen molar-refractivity contribution >= 4 is 29.2 Å². The summed E-state index contributed by atoms with van der Waals surface area (Å²) < 4.78 is 0. The van der Waals surface area contributed by atoms with E-state index in [4.69, 9.17) is 11.6 Å². The second kappa shape index (κ2) is 6.02. The molecule has 4 nitrogen and oxygen atoms in total. The number of anilines is 1. The Balaban J connectivity index is 2.11. The average Bonchev–Trinajstić information content (AvgIpc) is 2.37. The average molecular weight is 281 g/mol. The minimum atomic E-state index is 0.439. The number of pyridine rings is 1. The van der Waals surface area contributed by atoms with Crippen molar-refractivity contribution in [2.75, 3.05) is 11.6 Å². The molecule has 2 aromatic rings. The first-order valence-electron chi connectivity index (χ1n) is 5.42. The minimum Gasteiger partial charge on any atom is -0.364 e. The number of hydrogen-bond acceptors (Lipinski definition) is 5. The van der Waals surface area contributed by atoms with Crippen LogP contribution in [0, 0.1) is 6.92 Å². The highest BCUT2D eigenvalue weighted by atomic mass is 35.5. The van der Waals surface area contributed by atoms with Crippen molar-refractivity contribution < 1.29 is 0 Å². The number of nitrogens with one attached hydrogen (secondary N) is 1. The lowest BCUT2D eigenvalue weighted by atomic mass is 10.2. The zero-order chi connectivity index (χ0) is 13.0. The molecule has 2 rings (SSSR count). The van der Waals surface area contributed by atoms with Crippen molar-refractivity contribution in [3.8, 4) is 0 Å². The monoisotopic (exact) mass is 280 g/mol. The zero-order valence-corrected chi connectivity index (χ0v) is 11.7. The van der Waals surface area contributed by atoms with Gasteiger partial charge in [-0.2, -0.15) is 0 Å². The normalized spacial score (nSPS) is 10.4. The van der Waals surface area contributed by atoms with Crippen LogP contribution in [-0.2, 0) is 6.54 Å². The maximum Gasteiger partial charge on any atom is 0.190 e. The van der Waals surface area contributed by atoms with Gasteiger partial charge in [-0.15, -0.1) is 0 Å². The summed E-state index contributed by atoms with van der Waals surface area (Å²) in [5, 5.41) is 4.30. The van der Waals surface area contributed by atoms with Gasteiger partial charge in [-0.3, -0.25) is 4.98 Å². The lowest BCUT2D eigenvalue weighted by molar-refractivity contribution is 0.941. The molecule has 1 N–H and O–H groups in total. The fourth-order valence-electron chi connectivity index (χ4n) is 1.46. The van der Waals surface area contributed by atoms with Gasteiger partial charge in [0.25, 0.3) is 0 Å².